The molecule has 0 aliphatic rings. The number of unbranched alkanes of at least 4 members (excludes halogenated alkanes) is 2. The van der Waals surface area contributed by atoms with Crippen molar-refractivity contribution in [2.24, 2.45) is 0 Å². The van der Waals surface area contributed by atoms with Gasteiger partial charge in [0.2, 0.25) is 5.89 Å². The van der Waals surface area contributed by atoms with Crippen LogP contribution in [-0.4, -0.2) is 25.8 Å². The van der Waals surface area contributed by atoms with Crippen molar-refractivity contribution in [2.45, 2.75) is 58.4 Å². The van der Waals surface area contributed by atoms with Crippen LogP contribution in [0.15, 0.2) is 34.7 Å². The van der Waals surface area contributed by atoms with Crippen LogP contribution in [0.3, 0.4) is 0 Å². The fraction of sp³-hybridized carbons (Fsp3) is 0.450. The van der Waals surface area contributed by atoms with Gasteiger partial charge in [0.25, 0.3) is 5.89 Å². The highest BCUT2D eigenvalue weighted by Crippen LogP contribution is 2.33. The van der Waals surface area contributed by atoms with Crippen LogP contribution in [0, 0.1) is 0 Å². The number of hydrogen-bond donors (Lipinski definition) is 1. The van der Waals surface area contributed by atoms with Crippen molar-refractivity contribution in [3.8, 4) is 11.6 Å². The molecule has 2 aromatic heterocycles. The Bertz CT molecular complexity index is 881. The molecule has 0 aliphatic carbocycles. The third-order valence-corrected chi connectivity index (χ3v) is 4.61. The van der Waals surface area contributed by atoms with E-state index in [2.05, 4.69) is 24.0 Å². The number of benzene rings is 1. The number of carboxylic acid groups (broad SMARTS) is 1. The van der Waals surface area contributed by atoms with Gasteiger partial charge >= 0.3 is 5.97 Å². The van der Waals surface area contributed by atoms with Crippen molar-refractivity contribution in [1.82, 2.24) is 14.8 Å². The van der Waals surface area contributed by atoms with Crippen molar-refractivity contribution < 1.29 is 14.3 Å². The molecule has 6 nitrogen and oxygen atoms in total. The summed E-state index contributed by atoms with van der Waals surface area (Å²) in [6.45, 7) is 4.17. The summed E-state index contributed by atoms with van der Waals surface area (Å²) in [5.74, 6) is 0.140. The molecule has 2 heterocycles. The number of aromatic nitrogens is 3. The number of carboxylic acids is 1. The number of carbonyl (C=O) groups is 1. The van der Waals surface area contributed by atoms with Gasteiger partial charge in [-0.1, -0.05) is 51.3 Å². The van der Waals surface area contributed by atoms with Crippen LogP contribution < -0.4 is 0 Å². The number of nitrogens with zero attached hydrogens (tertiary/aromatic N) is 3. The summed E-state index contributed by atoms with van der Waals surface area (Å²) in [5.41, 5.74) is 1.55. The minimum Gasteiger partial charge on any atom is -0.480 e. The molecule has 0 spiro atoms. The van der Waals surface area contributed by atoms with Gasteiger partial charge in [0.15, 0.2) is 0 Å². The van der Waals surface area contributed by atoms with E-state index in [-0.39, 0.29) is 0 Å². The SMILES string of the molecule is CCCCc1nnc(-c2cc3ccccc3n2C(CCCC)C(=O)O)o1. The number of para-hydroxylation sites is 1. The monoisotopic (exact) mass is 355 g/mol. The summed E-state index contributed by atoms with van der Waals surface area (Å²) in [4.78, 5) is 12.0. The first kappa shape index (κ1) is 18.2. The lowest BCUT2D eigenvalue weighted by Crippen LogP contribution is -2.19. The van der Waals surface area contributed by atoms with E-state index in [1.807, 2.05) is 34.9 Å². The summed E-state index contributed by atoms with van der Waals surface area (Å²) in [6, 6.07) is 9.06. The van der Waals surface area contributed by atoms with E-state index in [4.69, 9.17) is 4.42 Å². The summed E-state index contributed by atoms with van der Waals surface area (Å²) >= 11 is 0. The Morgan fingerprint density at radius 3 is 2.69 bits per heavy atom. The molecular weight excluding hydrogens is 330 g/mol. The number of rotatable bonds is 9. The zero-order valence-electron chi connectivity index (χ0n) is 15.3. The normalized spacial score (nSPS) is 12.5. The maximum Gasteiger partial charge on any atom is 0.326 e. The summed E-state index contributed by atoms with van der Waals surface area (Å²) in [5, 5.41) is 19.1. The number of aliphatic carboxylic acids is 1. The lowest BCUT2D eigenvalue weighted by molar-refractivity contribution is -0.141. The van der Waals surface area contributed by atoms with Gasteiger partial charge in [0.1, 0.15) is 11.7 Å². The minimum atomic E-state index is -0.841. The van der Waals surface area contributed by atoms with E-state index in [9.17, 15) is 9.90 Å². The van der Waals surface area contributed by atoms with Crippen LogP contribution >= 0.6 is 0 Å². The Hall–Kier alpha value is -2.63. The van der Waals surface area contributed by atoms with Gasteiger partial charge in [-0.3, -0.25) is 0 Å². The Balaban J connectivity index is 2.09. The predicted octanol–water partition coefficient (Wildman–Crippen LogP) is 4.85. The van der Waals surface area contributed by atoms with E-state index in [0.717, 1.165) is 43.0 Å². The molecule has 0 aliphatic heterocycles. The highest BCUT2D eigenvalue weighted by Gasteiger charge is 2.26. The molecule has 1 unspecified atom stereocenters. The van der Waals surface area contributed by atoms with Crippen molar-refractivity contribution in [3.05, 3.63) is 36.2 Å². The Labute approximate surface area is 152 Å². The van der Waals surface area contributed by atoms with E-state index < -0.39 is 12.0 Å². The first-order chi connectivity index (χ1) is 12.7. The number of hydrogen-bond acceptors (Lipinski definition) is 4. The molecule has 1 aromatic carbocycles. The lowest BCUT2D eigenvalue weighted by atomic mass is 10.1. The van der Waals surface area contributed by atoms with Gasteiger partial charge in [-0.05, 0) is 25.0 Å². The van der Waals surface area contributed by atoms with Crippen LogP contribution in [0.25, 0.3) is 22.5 Å². The quantitative estimate of drug-likeness (QED) is 0.593. The molecule has 6 heteroatoms. The van der Waals surface area contributed by atoms with Crippen molar-refractivity contribution in [2.75, 3.05) is 0 Å². The van der Waals surface area contributed by atoms with Crippen molar-refractivity contribution >= 4 is 16.9 Å². The van der Waals surface area contributed by atoms with E-state index in [1.165, 1.54) is 0 Å². The number of aryl methyl sites for hydroxylation is 1. The number of fused-ring (bicyclic) bond motifs is 1. The largest absolute Gasteiger partial charge is 0.480 e. The van der Waals surface area contributed by atoms with Gasteiger partial charge in [-0.2, -0.15) is 0 Å². The molecule has 0 bridgehead atoms. The first-order valence-electron chi connectivity index (χ1n) is 9.31. The molecule has 26 heavy (non-hydrogen) atoms. The van der Waals surface area contributed by atoms with Gasteiger partial charge in [-0.15, -0.1) is 10.2 Å². The minimum absolute atomic E-state index is 0.384. The second-order valence-corrected chi connectivity index (χ2v) is 6.56. The molecule has 1 atom stereocenters. The molecule has 0 radical (unpaired) electrons. The lowest BCUT2D eigenvalue weighted by Gasteiger charge is -2.17. The molecule has 3 rings (SSSR count). The van der Waals surface area contributed by atoms with Gasteiger partial charge in [0, 0.05) is 17.3 Å². The molecular formula is C20H25N3O3. The van der Waals surface area contributed by atoms with E-state index in [1.54, 1.807) is 0 Å². The Morgan fingerprint density at radius 1 is 1.19 bits per heavy atom. The van der Waals surface area contributed by atoms with E-state index >= 15 is 0 Å². The zero-order valence-corrected chi connectivity index (χ0v) is 15.3. The third kappa shape index (κ3) is 3.64. The highest BCUT2D eigenvalue weighted by molar-refractivity contribution is 5.88. The average molecular weight is 355 g/mol. The van der Waals surface area contributed by atoms with Crippen LogP contribution in [0.5, 0.6) is 0 Å². The topological polar surface area (TPSA) is 81.2 Å². The maximum absolute atomic E-state index is 12.0. The maximum atomic E-state index is 12.0. The summed E-state index contributed by atoms with van der Waals surface area (Å²) in [7, 11) is 0. The van der Waals surface area contributed by atoms with Gasteiger partial charge in [0.05, 0.1) is 0 Å². The van der Waals surface area contributed by atoms with Crippen LogP contribution in [0.2, 0.25) is 0 Å². The predicted molar refractivity (Wildman–Crippen MR) is 100 cm³/mol. The van der Waals surface area contributed by atoms with E-state index in [0.29, 0.717) is 23.9 Å². The van der Waals surface area contributed by atoms with Gasteiger partial charge in [-0.25, -0.2) is 4.79 Å². The van der Waals surface area contributed by atoms with Crippen molar-refractivity contribution in [3.63, 3.8) is 0 Å². The molecule has 1 N–H and O–H groups in total. The van der Waals surface area contributed by atoms with Crippen LogP contribution in [0.4, 0.5) is 0 Å². The second kappa shape index (κ2) is 8.17. The Morgan fingerprint density at radius 2 is 1.96 bits per heavy atom. The summed E-state index contributed by atoms with van der Waals surface area (Å²) in [6.07, 6.45) is 5.12. The van der Waals surface area contributed by atoms with Crippen molar-refractivity contribution in [1.29, 1.82) is 0 Å². The zero-order chi connectivity index (χ0) is 18.5. The smallest absolute Gasteiger partial charge is 0.326 e. The molecule has 0 saturated carbocycles. The molecule has 3 aromatic rings. The molecule has 138 valence electrons. The second-order valence-electron chi connectivity index (χ2n) is 6.56. The molecule has 0 amide bonds. The molecule has 0 fully saturated rings. The summed E-state index contributed by atoms with van der Waals surface area (Å²) < 4.78 is 7.68. The fourth-order valence-corrected chi connectivity index (χ4v) is 3.22. The third-order valence-electron chi connectivity index (χ3n) is 4.61. The molecule has 0 saturated heterocycles. The average Bonchev–Trinajstić information content (AvgIpc) is 3.25. The fourth-order valence-electron chi connectivity index (χ4n) is 3.22. The van der Waals surface area contributed by atoms with Crippen LogP contribution in [-0.2, 0) is 11.2 Å². The van der Waals surface area contributed by atoms with Gasteiger partial charge < -0.3 is 14.1 Å². The standard InChI is InChI=1S/C20H25N3O3/c1-3-5-10-16(20(24)25)23-15-11-8-7-9-14(15)13-17(23)19-22-21-18(26-19)12-6-4-2/h7-9,11,13,16H,3-6,10,12H2,1-2H3,(H,24,25). The first-order valence-corrected chi connectivity index (χ1v) is 9.31. The Kier molecular flexibility index (Phi) is 5.71. The van der Waals surface area contributed by atoms with Crippen LogP contribution in [0.1, 0.15) is 57.9 Å². The highest BCUT2D eigenvalue weighted by atomic mass is 16.4.